The Hall–Kier alpha value is -1.69. The summed E-state index contributed by atoms with van der Waals surface area (Å²) in [6, 6.07) is 1.76. The number of hydrazine groups is 1. The van der Waals surface area contributed by atoms with Crippen LogP contribution in [-0.2, 0) is 4.79 Å². The lowest BCUT2D eigenvalue weighted by atomic mass is 9.50. The highest BCUT2D eigenvalue weighted by Gasteiger charge is 2.57. The quantitative estimate of drug-likeness (QED) is 0.427. The maximum atomic E-state index is 13.4. The van der Waals surface area contributed by atoms with Gasteiger partial charge in [0.05, 0.1) is 30.8 Å². The average Bonchev–Trinajstić information content (AvgIpc) is 3.13. The number of Topliss-reactive ketones (excluding diaryl/α,β-unsaturated/α-hetero) is 1. The van der Waals surface area contributed by atoms with Crippen LogP contribution in [0.25, 0.3) is 0 Å². The number of ketones is 1. The number of nitrogens with zero attached hydrogens (tertiary/aromatic N) is 2. The van der Waals surface area contributed by atoms with Crippen LogP contribution in [0.3, 0.4) is 0 Å². The van der Waals surface area contributed by atoms with Crippen molar-refractivity contribution in [2.24, 2.45) is 46.8 Å². The monoisotopic (exact) mass is 444 g/mol. The Balaban J connectivity index is 1.47. The molecule has 1 aromatic rings. The highest BCUT2D eigenvalue weighted by Crippen LogP contribution is 2.63. The molecule has 4 rings (SSSR count). The van der Waals surface area contributed by atoms with Crippen LogP contribution in [-0.4, -0.2) is 24.0 Å². The van der Waals surface area contributed by atoms with E-state index in [0.717, 1.165) is 31.6 Å². The third-order valence-corrected chi connectivity index (χ3v) is 9.47. The van der Waals surface area contributed by atoms with E-state index in [1.54, 1.807) is 18.5 Å². The number of hydrogen-bond acceptors (Lipinski definition) is 5. The van der Waals surface area contributed by atoms with Crippen LogP contribution in [0.1, 0.15) is 71.6 Å². The number of carbonyl (C=O) groups excluding carboxylic acids is 1. The molecule has 3 aliphatic carbocycles. The highest BCUT2D eigenvalue weighted by atomic mass is 19.1. The number of nitrogen functional groups attached to an aromatic ring is 1. The zero-order chi connectivity index (χ0) is 22.9. The molecule has 0 aliphatic heterocycles. The predicted molar refractivity (Wildman–Crippen MR) is 127 cm³/mol. The van der Waals surface area contributed by atoms with E-state index in [1.165, 1.54) is 37.1 Å². The summed E-state index contributed by atoms with van der Waals surface area (Å²) < 4.78 is 13.2. The number of anilines is 2. The van der Waals surface area contributed by atoms with Crippen LogP contribution >= 0.6 is 0 Å². The first-order valence-electron chi connectivity index (χ1n) is 12.7. The van der Waals surface area contributed by atoms with E-state index in [1.807, 2.05) is 0 Å². The lowest BCUT2D eigenvalue weighted by Crippen LogP contribution is -2.49. The van der Waals surface area contributed by atoms with Crippen molar-refractivity contribution in [1.82, 2.24) is 4.98 Å². The van der Waals surface area contributed by atoms with Crippen molar-refractivity contribution < 1.29 is 9.18 Å². The maximum absolute atomic E-state index is 13.4. The van der Waals surface area contributed by atoms with Crippen LogP contribution < -0.4 is 16.6 Å². The van der Waals surface area contributed by atoms with E-state index in [-0.39, 0.29) is 30.3 Å². The van der Waals surface area contributed by atoms with Gasteiger partial charge in [0.1, 0.15) is 0 Å². The second-order valence-electron chi connectivity index (χ2n) is 10.9. The number of halogens is 1. The lowest BCUT2D eigenvalue weighted by molar-refractivity contribution is -0.128. The van der Waals surface area contributed by atoms with E-state index < -0.39 is 0 Å². The smallest absolute Gasteiger partial charge is 0.157 e. The van der Waals surface area contributed by atoms with Crippen molar-refractivity contribution in [3.05, 3.63) is 18.5 Å². The summed E-state index contributed by atoms with van der Waals surface area (Å²) in [6.45, 7) is 4.64. The molecule has 7 atom stereocenters. The summed E-state index contributed by atoms with van der Waals surface area (Å²) in [6.07, 6.45) is 13.2. The molecule has 0 aromatic carbocycles. The first kappa shape index (κ1) is 23.5. The van der Waals surface area contributed by atoms with E-state index in [4.69, 9.17) is 11.6 Å². The van der Waals surface area contributed by atoms with Gasteiger partial charge in [-0.1, -0.05) is 26.7 Å². The van der Waals surface area contributed by atoms with Crippen molar-refractivity contribution >= 4 is 17.2 Å². The number of hydrogen-bond donors (Lipinski definition) is 2. The van der Waals surface area contributed by atoms with E-state index in [2.05, 4.69) is 18.8 Å². The second kappa shape index (κ2) is 9.66. The van der Waals surface area contributed by atoms with Gasteiger partial charge in [0, 0.05) is 12.1 Å². The van der Waals surface area contributed by atoms with Gasteiger partial charge in [-0.2, -0.15) is 0 Å². The fraction of sp³-hybridized carbons (Fsp3) is 0.769. The molecule has 1 aromatic heterocycles. The normalized spacial score (nSPS) is 36.4. The Bertz CT molecular complexity index is 804. The molecule has 7 unspecified atom stereocenters. The maximum Gasteiger partial charge on any atom is 0.157 e. The van der Waals surface area contributed by atoms with Crippen LogP contribution in [0.2, 0.25) is 0 Å². The number of alkyl halides is 1. The number of fused-ring (bicyclic) bond motifs is 3. The number of nitrogens with two attached hydrogens (primary N) is 2. The molecule has 1 heterocycles. The number of carbonyl (C=O) groups is 1. The molecule has 3 aliphatic rings. The van der Waals surface area contributed by atoms with Crippen LogP contribution in [0.5, 0.6) is 0 Å². The first-order chi connectivity index (χ1) is 15.4. The van der Waals surface area contributed by atoms with E-state index in [9.17, 15) is 9.18 Å². The minimum atomic E-state index is -0.183. The summed E-state index contributed by atoms with van der Waals surface area (Å²) in [7, 11) is 0. The van der Waals surface area contributed by atoms with Crippen molar-refractivity contribution in [3.63, 3.8) is 0 Å². The number of pyridine rings is 1. The van der Waals surface area contributed by atoms with Gasteiger partial charge >= 0.3 is 0 Å². The SMILES string of the molecule is CCCC1C(CCF)CCC2C1CCC1(C)C(C(=O)CN(N)c3ccncc3N)CCC21. The number of aromatic nitrogens is 1. The molecule has 0 bridgehead atoms. The Kier molecular flexibility index (Phi) is 7.09. The molecule has 0 spiro atoms. The topological polar surface area (TPSA) is 85.2 Å². The summed E-state index contributed by atoms with van der Waals surface area (Å²) in [4.78, 5) is 17.5. The number of rotatable bonds is 8. The summed E-state index contributed by atoms with van der Waals surface area (Å²) >= 11 is 0. The molecule has 4 N–H and O–H groups in total. The zero-order valence-corrected chi connectivity index (χ0v) is 19.8. The van der Waals surface area contributed by atoms with Crippen LogP contribution in [0.4, 0.5) is 15.8 Å². The molecule has 0 amide bonds. The summed E-state index contributed by atoms with van der Waals surface area (Å²) in [5.41, 5.74) is 7.22. The molecule has 0 saturated heterocycles. The summed E-state index contributed by atoms with van der Waals surface area (Å²) in [5.74, 6) is 9.81. The van der Waals surface area contributed by atoms with E-state index >= 15 is 0 Å². The third kappa shape index (κ3) is 4.15. The fourth-order valence-corrected chi connectivity index (χ4v) is 8.07. The Morgan fingerprint density at radius 1 is 1.22 bits per heavy atom. The molecule has 0 radical (unpaired) electrons. The van der Waals surface area contributed by atoms with Gasteiger partial charge in [-0.25, -0.2) is 5.84 Å². The molecular weight excluding hydrogens is 403 g/mol. The highest BCUT2D eigenvalue weighted by molar-refractivity contribution is 5.87. The largest absolute Gasteiger partial charge is 0.396 e. The van der Waals surface area contributed by atoms with Gasteiger partial charge in [-0.05, 0) is 86.0 Å². The lowest BCUT2D eigenvalue weighted by Gasteiger charge is -2.54. The van der Waals surface area contributed by atoms with Crippen molar-refractivity contribution in [3.8, 4) is 0 Å². The van der Waals surface area contributed by atoms with Crippen LogP contribution in [0.15, 0.2) is 18.5 Å². The molecule has 32 heavy (non-hydrogen) atoms. The molecular formula is C26H41FN4O. The van der Waals surface area contributed by atoms with Gasteiger partial charge in [-0.3, -0.25) is 14.2 Å². The molecule has 6 heteroatoms. The summed E-state index contributed by atoms with van der Waals surface area (Å²) in [5, 5.41) is 1.49. The Labute approximate surface area is 192 Å². The van der Waals surface area contributed by atoms with Gasteiger partial charge in [-0.15, -0.1) is 0 Å². The van der Waals surface area contributed by atoms with Crippen molar-refractivity contribution in [1.29, 1.82) is 0 Å². The van der Waals surface area contributed by atoms with E-state index in [0.29, 0.717) is 35.0 Å². The third-order valence-electron chi connectivity index (χ3n) is 9.47. The standard InChI is InChI=1S/C26H41FN4O/c1-3-4-18-17(10-13-27)5-6-20-19(18)9-12-26(2)21(20)7-8-22(26)25(32)16-31(29)24-11-14-30-15-23(24)28/h11,14-15,17-22H,3-10,12-13,16,28-29H2,1-2H3. The average molecular weight is 445 g/mol. The minimum Gasteiger partial charge on any atom is -0.396 e. The zero-order valence-electron chi connectivity index (χ0n) is 19.8. The minimum absolute atomic E-state index is 0.0621. The first-order valence-corrected chi connectivity index (χ1v) is 12.7. The Morgan fingerprint density at radius 2 is 2.03 bits per heavy atom. The van der Waals surface area contributed by atoms with Crippen LogP contribution in [0, 0.1) is 40.9 Å². The molecule has 5 nitrogen and oxygen atoms in total. The fourth-order valence-electron chi connectivity index (χ4n) is 8.07. The molecule has 178 valence electrons. The second-order valence-corrected chi connectivity index (χ2v) is 10.9. The van der Waals surface area contributed by atoms with Gasteiger partial charge in [0.15, 0.2) is 5.78 Å². The van der Waals surface area contributed by atoms with Gasteiger partial charge in [0.2, 0.25) is 0 Å². The Morgan fingerprint density at radius 3 is 2.75 bits per heavy atom. The van der Waals surface area contributed by atoms with Gasteiger partial charge in [0.25, 0.3) is 0 Å². The molecule has 3 fully saturated rings. The van der Waals surface area contributed by atoms with Gasteiger partial charge < -0.3 is 10.7 Å². The predicted octanol–water partition coefficient (Wildman–Crippen LogP) is 5.16. The molecule has 3 saturated carbocycles. The van der Waals surface area contributed by atoms with Crippen molar-refractivity contribution in [2.75, 3.05) is 24.0 Å². The van der Waals surface area contributed by atoms with Crippen molar-refractivity contribution in [2.45, 2.75) is 71.6 Å².